The number of nitrogens with one attached hydrogen (secondary N) is 1. The third-order valence-corrected chi connectivity index (χ3v) is 3.01. The molecule has 0 fully saturated rings. The molecule has 102 valence electrons. The topological polar surface area (TPSA) is 29.1 Å². The summed E-state index contributed by atoms with van der Waals surface area (Å²) >= 11 is 3.31. The third kappa shape index (κ3) is 3.99. The fourth-order valence-corrected chi connectivity index (χ4v) is 1.77. The van der Waals surface area contributed by atoms with Gasteiger partial charge in [0.15, 0.2) is 11.6 Å². The van der Waals surface area contributed by atoms with Crippen molar-refractivity contribution in [3.63, 3.8) is 0 Å². The Hall–Kier alpha value is -2.01. The van der Waals surface area contributed by atoms with Gasteiger partial charge in [0.05, 0.1) is 0 Å². The molecule has 2 rings (SSSR count). The van der Waals surface area contributed by atoms with E-state index >= 15 is 0 Å². The predicted molar refractivity (Wildman–Crippen MR) is 78.2 cm³/mol. The second-order valence-electron chi connectivity index (χ2n) is 4.00. The van der Waals surface area contributed by atoms with Crippen molar-refractivity contribution >= 4 is 33.6 Å². The van der Waals surface area contributed by atoms with E-state index in [0.717, 1.165) is 22.2 Å². The number of hydrogen-bond donors (Lipinski definition) is 1. The molecule has 2 aromatic rings. The Balaban J connectivity index is 2.01. The maximum atomic E-state index is 13.0. The van der Waals surface area contributed by atoms with E-state index in [0.29, 0.717) is 0 Å². The average Bonchev–Trinajstić information content (AvgIpc) is 2.42. The zero-order valence-corrected chi connectivity index (χ0v) is 11.8. The highest BCUT2D eigenvalue weighted by molar-refractivity contribution is 9.10. The van der Waals surface area contributed by atoms with Gasteiger partial charge in [0.2, 0.25) is 5.91 Å². The summed E-state index contributed by atoms with van der Waals surface area (Å²) in [5.41, 5.74) is 1.06. The fourth-order valence-electron chi connectivity index (χ4n) is 1.50. The largest absolute Gasteiger partial charge is 0.322 e. The second kappa shape index (κ2) is 6.43. The zero-order valence-electron chi connectivity index (χ0n) is 10.2. The van der Waals surface area contributed by atoms with Crippen LogP contribution < -0.4 is 5.32 Å². The molecule has 0 aliphatic carbocycles. The molecule has 0 bridgehead atoms. The smallest absolute Gasteiger partial charge is 0.248 e. The predicted octanol–water partition coefficient (Wildman–Crippen LogP) is 4.38. The number of carbonyl (C=O) groups excluding carboxylic acids is 1. The minimum atomic E-state index is -1.00. The molecule has 0 saturated heterocycles. The van der Waals surface area contributed by atoms with Crippen LogP contribution in [-0.2, 0) is 4.79 Å². The Morgan fingerprint density at radius 1 is 1.05 bits per heavy atom. The highest BCUT2D eigenvalue weighted by Gasteiger charge is 2.04. The van der Waals surface area contributed by atoms with E-state index in [-0.39, 0.29) is 5.69 Å². The highest BCUT2D eigenvalue weighted by Crippen LogP contribution is 2.14. The molecule has 0 spiro atoms. The van der Waals surface area contributed by atoms with Gasteiger partial charge in [-0.15, -0.1) is 0 Å². The summed E-state index contributed by atoms with van der Waals surface area (Å²) in [6.07, 6.45) is 2.95. The van der Waals surface area contributed by atoms with Crippen molar-refractivity contribution in [2.45, 2.75) is 0 Å². The monoisotopic (exact) mass is 337 g/mol. The lowest BCUT2D eigenvalue weighted by Crippen LogP contribution is -2.08. The normalized spacial score (nSPS) is 10.8. The molecule has 0 heterocycles. The summed E-state index contributed by atoms with van der Waals surface area (Å²) in [5.74, 6) is -2.37. The van der Waals surface area contributed by atoms with Gasteiger partial charge in [0, 0.05) is 22.3 Å². The van der Waals surface area contributed by atoms with Crippen molar-refractivity contribution in [1.82, 2.24) is 0 Å². The minimum Gasteiger partial charge on any atom is -0.322 e. The van der Waals surface area contributed by atoms with E-state index in [2.05, 4.69) is 21.2 Å². The summed E-state index contributed by atoms with van der Waals surface area (Å²) in [6, 6.07) is 10.6. The van der Waals surface area contributed by atoms with Crippen LogP contribution in [-0.4, -0.2) is 5.91 Å². The molecular formula is C15H10BrF2NO. The van der Waals surface area contributed by atoms with Gasteiger partial charge < -0.3 is 5.32 Å². The van der Waals surface area contributed by atoms with E-state index in [1.807, 2.05) is 24.3 Å². The third-order valence-electron chi connectivity index (χ3n) is 2.48. The molecule has 2 aromatic carbocycles. The molecule has 5 heteroatoms. The number of carbonyl (C=O) groups is 1. The molecule has 2 nitrogen and oxygen atoms in total. The number of amides is 1. The minimum absolute atomic E-state index is 0.203. The maximum Gasteiger partial charge on any atom is 0.248 e. The molecule has 1 amide bonds. The first-order valence-corrected chi connectivity index (χ1v) is 6.53. The molecule has 1 N–H and O–H groups in total. The summed E-state index contributed by atoms with van der Waals surface area (Å²) in [5, 5.41) is 2.45. The summed E-state index contributed by atoms with van der Waals surface area (Å²) in [6.45, 7) is 0. The van der Waals surface area contributed by atoms with Crippen LogP contribution in [0.4, 0.5) is 14.5 Å². The van der Waals surface area contributed by atoms with Crippen molar-refractivity contribution in [2.75, 3.05) is 5.32 Å². The van der Waals surface area contributed by atoms with Crippen molar-refractivity contribution < 1.29 is 13.6 Å². The first-order chi connectivity index (χ1) is 9.54. The Morgan fingerprint density at radius 3 is 2.40 bits per heavy atom. The van der Waals surface area contributed by atoms with Crippen LogP contribution in [0.3, 0.4) is 0 Å². The average molecular weight is 338 g/mol. The van der Waals surface area contributed by atoms with Crippen molar-refractivity contribution in [2.24, 2.45) is 0 Å². The SMILES string of the molecule is O=C(/C=C/c1ccc(Br)cc1)Nc1ccc(F)c(F)c1. The maximum absolute atomic E-state index is 13.0. The second-order valence-corrected chi connectivity index (χ2v) is 4.92. The molecular weight excluding hydrogens is 328 g/mol. The van der Waals surface area contributed by atoms with Gasteiger partial charge in [-0.3, -0.25) is 4.79 Å². The van der Waals surface area contributed by atoms with Crippen molar-refractivity contribution in [3.05, 3.63) is 70.2 Å². The molecule has 0 atom stereocenters. The molecule has 0 aromatic heterocycles. The van der Waals surface area contributed by atoms with Crippen LogP contribution in [0.15, 0.2) is 53.0 Å². The van der Waals surface area contributed by atoms with Crippen molar-refractivity contribution in [3.8, 4) is 0 Å². The number of rotatable bonds is 3. The lowest BCUT2D eigenvalue weighted by Gasteiger charge is -2.02. The van der Waals surface area contributed by atoms with Crippen LogP contribution in [0, 0.1) is 11.6 Å². The molecule has 0 radical (unpaired) electrons. The van der Waals surface area contributed by atoms with Crippen LogP contribution >= 0.6 is 15.9 Å². The molecule has 0 saturated carbocycles. The first kappa shape index (κ1) is 14.4. The van der Waals surface area contributed by atoms with Crippen LogP contribution in [0.2, 0.25) is 0 Å². The van der Waals surface area contributed by atoms with Crippen LogP contribution in [0.25, 0.3) is 6.08 Å². The fraction of sp³-hybridized carbons (Fsp3) is 0. The van der Waals surface area contributed by atoms with E-state index in [9.17, 15) is 13.6 Å². The number of halogens is 3. The van der Waals surface area contributed by atoms with Crippen molar-refractivity contribution in [1.29, 1.82) is 0 Å². The van der Waals surface area contributed by atoms with Gasteiger partial charge in [-0.05, 0) is 35.9 Å². The van der Waals surface area contributed by atoms with Gasteiger partial charge in [-0.25, -0.2) is 8.78 Å². The van der Waals surface area contributed by atoms with Crippen LogP contribution in [0.5, 0.6) is 0 Å². The first-order valence-electron chi connectivity index (χ1n) is 5.74. The lowest BCUT2D eigenvalue weighted by molar-refractivity contribution is -0.111. The molecule has 20 heavy (non-hydrogen) atoms. The highest BCUT2D eigenvalue weighted by atomic mass is 79.9. The van der Waals surface area contributed by atoms with Gasteiger partial charge in [-0.2, -0.15) is 0 Å². The number of hydrogen-bond acceptors (Lipinski definition) is 1. The standard InChI is InChI=1S/C15H10BrF2NO/c16-11-4-1-10(2-5-11)3-8-15(20)19-12-6-7-13(17)14(18)9-12/h1-9H,(H,19,20)/b8-3+. The van der Waals surface area contributed by atoms with Gasteiger partial charge in [0.1, 0.15) is 0 Å². The Morgan fingerprint density at radius 2 is 1.75 bits per heavy atom. The summed E-state index contributed by atoms with van der Waals surface area (Å²) in [7, 11) is 0. The van der Waals surface area contributed by atoms with E-state index in [4.69, 9.17) is 0 Å². The molecule has 0 aliphatic rings. The number of anilines is 1. The Bertz CT molecular complexity index is 653. The van der Waals surface area contributed by atoms with E-state index in [1.54, 1.807) is 6.08 Å². The Labute approximate surface area is 123 Å². The van der Waals surface area contributed by atoms with Gasteiger partial charge in [-0.1, -0.05) is 28.1 Å². The summed E-state index contributed by atoms with van der Waals surface area (Å²) in [4.78, 5) is 11.6. The number of benzene rings is 2. The molecule has 0 unspecified atom stereocenters. The lowest BCUT2D eigenvalue weighted by atomic mass is 10.2. The quantitative estimate of drug-likeness (QED) is 0.827. The summed E-state index contributed by atoms with van der Waals surface area (Å²) < 4.78 is 26.6. The zero-order chi connectivity index (χ0) is 14.5. The Kier molecular flexibility index (Phi) is 4.63. The van der Waals surface area contributed by atoms with E-state index < -0.39 is 17.5 Å². The van der Waals surface area contributed by atoms with Gasteiger partial charge >= 0.3 is 0 Å². The van der Waals surface area contributed by atoms with Crippen LogP contribution in [0.1, 0.15) is 5.56 Å². The van der Waals surface area contributed by atoms with Gasteiger partial charge in [0.25, 0.3) is 0 Å². The van der Waals surface area contributed by atoms with E-state index in [1.165, 1.54) is 12.1 Å². The molecule has 0 aliphatic heterocycles.